The van der Waals surface area contributed by atoms with E-state index in [1.807, 2.05) is 0 Å². The molecule has 7 heteroatoms. The lowest BCUT2D eigenvalue weighted by Gasteiger charge is -2.06. The lowest BCUT2D eigenvalue weighted by molar-refractivity contribution is -0.147. The van der Waals surface area contributed by atoms with Gasteiger partial charge in [0.05, 0.1) is 5.56 Å². The third-order valence-electron chi connectivity index (χ3n) is 2.37. The summed E-state index contributed by atoms with van der Waals surface area (Å²) in [6.07, 6.45) is -6.60. The number of alkyl halides is 3. The lowest BCUT2D eigenvalue weighted by atomic mass is 10.1. The molecular formula is C11H7F3O4. The van der Waals surface area contributed by atoms with Gasteiger partial charge in [-0.05, 0) is 12.1 Å². The summed E-state index contributed by atoms with van der Waals surface area (Å²) in [5.74, 6) is -2.03. The smallest absolute Gasteiger partial charge is 0.420 e. The lowest BCUT2D eigenvalue weighted by Crippen LogP contribution is -2.09. The van der Waals surface area contributed by atoms with E-state index in [9.17, 15) is 23.1 Å². The van der Waals surface area contributed by atoms with Crippen molar-refractivity contribution in [2.24, 2.45) is 0 Å². The van der Waals surface area contributed by atoms with Crippen LogP contribution in [-0.2, 0) is 11.0 Å². The number of carbonyl (C=O) groups is 1. The Hall–Kier alpha value is -2.02. The number of benzene rings is 1. The zero-order valence-corrected chi connectivity index (χ0v) is 8.73. The van der Waals surface area contributed by atoms with Gasteiger partial charge in [0.2, 0.25) is 6.10 Å². The number of hydrogen-bond donors (Lipinski definition) is 2. The van der Waals surface area contributed by atoms with Gasteiger partial charge in [0.15, 0.2) is 0 Å². The molecule has 0 amide bonds. The summed E-state index contributed by atoms with van der Waals surface area (Å²) >= 11 is 0. The zero-order valence-electron chi connectivity index (χ0n) is 8.73. The minimum absolute atomic E-state index is 0.0834. The quantitative estimate of drug-likeness (QED) is 0.870. The maximum atomic E-state index is 12.6. The maximum absolute atomic E-state index is 12.6. The Balaban J connectivity index is 2.62. The number of aliphatic hydroxyl groups excluding tert-OH is 1. The summed E-state index contributed by atoms with van der Waals surface area (Å²) in [5, 5.41) is 17.9. The van der Waals surface area contributed by atoms with E-state index in [0.717, 1.165) is 12.1 Å². The van der Waals surface area contributed by atoms with Gasteiger partial charge in [-0.2, -0.15) is 13.2 Å². The summed E-state index contributed by atoms with van der Waals surface area (Å²) < 4.78 is 42.7. The molecule has 0 bridgehead atoms. The van der Waals surface area contributed by atoms with E-state index in [4.69, 9.17) is 9.52 Å². The summed E-state index contributed by atoms with van der Waals surface area (Å²) in [7, 11) is 0. The molecular weight excluding hydrogens is 253 g/mol. The third-order valence-corrected chi connectivity index (χ3v) is 2.37. The average Bonchev–Trinajstić information content (AvgIpc) is 2.69. The van der Waals surface area contributed by atoms with E-state index >= 15 is 0 Å². The van der Waals surface area contributed by atoms with E-state index < -0.39 is 35.2 Å². The zero-order chi connectivity index (χ0) is 13.5. The van der Waals surface area contributed by atoms with Gasteiger partial charge in [0.25, 0.3) is 0 Å². The molecule has 18 heavy (non-hydrogen) atoms. The number of aliphatic carboxylic acids is 1. The van der Waals surface area contributed by atoms with Gasteiger partial charge in [-0.1, -0.05) is 12.1 Å². The highest BCUT2D eigenvalue weighted by Crippen LogP contribution is 2.36. The van der Waals surface area contributed by atoms with Gasteiger partial charge in [-0.3, -0.25) is 0 Å². The van der Waals surface area contributed by atoms with Crippen LogP contribution in [0.5, 0.6) is 0 Å². The Kier molecular flexibility index (Phi) is 2.78. The molecule has 0 saturated heterocycles. The first-order chi connectivity index (χ1) is 8.30. The van der Waals surface area contributed by atoms with Crippen LogP contribution in [0.15, 0.2) is 28.7 Å². The molecule has 0 saturated carbocycles. The van der Waals surface area contributed by atoms with Crippen molar-refractivity contribution < 1.29 is 32.6 Å². The Labute approximate surface area is 98.2 Å². The van der Waals surface area contributed by atoms with Crippen LogP contribution < -0.4 is 0 Å². The molecule has 0 radical (unpaired) electrons. The molecule has 2 aromatic rings. The Morgan fingerprint density at radius 2 is 2.00 bits per heavy atom. The molecule has 2 rings (SSSR count). The molecule has 1 aromatic heterocycles. The van der Waals surface area contributed by atoms with E-state index in [0.29, 0.717) is 0 Å². The topological polar surface area (TPSA) is 70.7 Å². The van der Waals surface area contributed by atoms with E-state index in [1.165, 1.54) is 12.1 Å². The molecule has 0 aliphatic carbocycles. The van der Waals surface area contributed by atoms with Gasteiger partial charge in [-0.15, -0.1) is 0 Å². The molecule has 1 atom stereocenters. The van der Waals surface area contributed by atoms with Crippen molar-refractivity contribution in [3.8, 4) is 0 Å². The van der Waals surface area contributed by atoms with Gasteiger partial charge in [0.1, 0.15) is 11.3 Å². The van der Waals surface area contributed by atoms with Crippen LogP contribution in [0, 0.1) is 0 Å². The van der Waals surface area contributed by atoms with Gasteiger partial charge in [0, 0.05) is 5.39 Å². The summed E-state index contributed by atoms with van der Waals surface area (Å²) in [6, 6.07) is 4.41. The summed E-state index contributed by atoms with van der Waals surface area (Å²) in [6.45, 7) is 0. The fraction of sp³-hybridized carbons (Fsp3) is 0.182. The number of carboxylic acid groups (broad SMARTS) is 1. The molecule has 1 heterocycles. The van der Waals surface area contributed by atoms with Crippen molar-refractivity contribution in [2.45, 2.75) is 12.3 Å². The predicted molar refractivity (Wildman–Crippen MR) is 53.8 cm³/mol. The second-order valence-corrected chi connectivity index (χ2v) is 3.61. The second-order valence-electron chi connectivity index (χ2n) is 3.61. The molecule has 0 aliphatic rings. The van der Waals surface area contributed by atoms with Crippen molar-refractivity contribution in [1.82, 2.24) is 0 Å². The van der Waals surface area contributed by atoms with Crippen molar-refractivity contribution in [1.29, 1.82) is 0 Å². The monoisotopic (exact) mass is 260 g/mol. The van der Waals surface area contributed by atoms with Crippen molar-refractivity contribution in [3.63, 3.8) is 0 Å². The van der Waals surface area contributed by atoms with E-state index in [1.54, 1.807) is 0 Å². The highest BCUT2D eigenvalue weighted by molar-refractivity contribution is 5.83. The van der Waals surface area contributed by atoms with Gasteiger partial charge >= 0.3 is 12.1 Å². The highest BCUT2D eigenvalue weighted by Gasteiger charge is 2.34. The van der Waals surface area contributed by atoms with Crippen LogP contribution >= 0.6 is 0 Å². The van der Waals surface area contributed by atoms with Gasteiger partial charge < -0.3 is 14.6 Å². The highest BCUT2D eigenvalue weighted by atomic mass is 19.4. The molecule has 0 aliphatic heterocycles. The first-order valence-corrected chi connectivity index (χ1v) is 4.81. The average molecular weight is 260 g/mol. The Bertz CT molecular complexity index is 600. The second kappa shape index (κ2) is 4.02. The summed E-state index contributed by atoms with van der Waals surface area (Å²) in [4.78, 5) is 10.5. The number of furan rings is 1. The molecule has 2 N–H and O–H groups in total. The summed E-state index contributed by atoms with van der Waals surface area (Å²) in [5.41, 5.74) is -1.50. The number of halogens is 3. The molecule has 0 fully saturated rings. The SMILES string of the molecule is O=C(O)C(O)c1cc2cccc(C(F)(F)F)c2o1. The van der Waals surface area contributed by atoms with Crippen molar-refractivity contribution >= 4 is 16.9 Å². The number of fused-ring (bicyclic) bond motifs is 1. The van der Waals surface area contributed by atoms with Crippen LogP contribution in [0.3, 0.4) is 0 Å². The minimum atomic E-state index is -4.61. The predicted octanol–water partition coefficient (Wildman–Crippen LogP) is 2.57. The first kappa shape index (κ1) is 12.4. The molecule has 1 aromatic carbocycles. The standard InChI is InChI=1S/C11H7F3O4/c12-11(13,14)6-3-1-2-5-4-7(18-9(5)6)8(15)10(16)17/h1-4,8,15H,(H,16,17). The molecule has 96 valence electrons. The van der Waals surface area contributed by atoms with Crippen LogP contribution in [0.4, 0.5) is 13.2 Å². The van der Waals surface area contributed by atoms with Crippen molar-refractivity contribution in [3.05, 3.63) is 35.6 Å². The minimum Gasteiger partial charge on any atom is -0.479 e. The first-order valence-electron chi connectivity index (χ1n) is 4.81. The number of hydrogen-bond acceptors (Lipinski definition) is 3. The number of aliphatic hydroxyl groups is 1. The van der Waals surface area contributed by atoms with E-state index in [2.05, 4.69) is 0 Å². The molecule has 1 unspecified atom stereocenters. The van der Waals surface area contributed by atoms with Crippen molar-refractivity contribution in [2.75, 3.05) is 0 Å². The van der Waals surface area contributed by atoms with Crippen LogP contribution in [-0.4, -0.2) is 16.2 Å². The largest absolute Gasteiger partial charge is 0.479 e. The number of para-hydroxylation sites is 1. The molecule has 4 nitrogen and oxygen atoms in total. The van der Waals surface area contributed by atoms with E-state index in [-0.39, 0.29) is 5.39 Å². The maximum Gasteiger partial charge on any atom is 0.420 e. The Morgan fingerprint density at radius 1 is 1.33 bits per heavy atom. The van der Waals surface area contributed by atoms with Crippen LogP contribution in [0.1, 0.15) is 17.4 Å². The number of rotatable bonds is 2. The van der Waals surface area contributed by atoms with Crippen LogP contribution in [0.25, 0.3) is 11.0 Å². The van der Waals surface area contributed by atoms with Crippen LogP contribution in [0.2, 0.25) is 0 Å². The Morgan fingerprint density at radius 3 is 2.56 bits per heavy atom. The van der Waals surface area contributed by atoms with Gasteiger partial charge in [-0.25, -0.2) is 4.79 Å². The fourth-order valence-electron chi connectivity index (χ4n) is 1.56. The normalized spacial score (nSPS) is 13.8. The molecule has 0 spiro atoms. The fourth-order valence-corrected chi connectivity index (χ4v) is 1.56. The third kappa shape index (κ3) is 2.04. The number of carboxylic acids is 1.